The number of rotatable bonds is 4. The van der Waals surface area contributed by atoms with Crippen molar-refractivity contribution >= 4 is 0 Å². The molecule has 3 heteroatoms. The molecule has 3 rings (SSSR count). The van der Waals surface area contributed by atoms with Gasteiger partial charge in [0.15, 0.2) is 0 Å². The standard InChI is InChI=1S/C14H28N2O.C6H12.C3H8/c1-2-17-11-12-3-5-14(6-4-12)16-9-7-13(15)8-10-16;1-2-4-6-5-3-1;1-3-2/h12-14H,2-11,15H2,1H3;1-6H2;3H2,1-2H3. The number of piperidine rings is 1. The molecule has 1 aliphatic heterocycles. The maximum Gasteiger partial charge on any atom is 0.0494 e. The normalized spacial score (nSPS) is 27.7. The molecule has 0 atom stereocenters. The van der Waals surface area contributed by atoms with E-state index in [9.17, 15) is 0 Å². The Morgan fingerprint density at radius 3 is 1.65 bits per heavy atom. The number of nitrogens with two attached hydrogens (primary N) is 1. The SMILES string of the molecule is C1CCCCC1.CCC.CCOCC1CCC(N2CCC(N)CC2)CC1. The van der Waals surface area contributed by atoms with E-state index in [0.717, 1.165) is 25.2 Å². The Hall–Kier alpha value is -0.120. The van der Waals surface area contributed by atoms with E-state index in [0.29, 0.717) is 6.04 Å². The zero-order chi connectivity index (χ0) is 19.0. The van der Waals surface area contributed by atoms with Crippen LogP contribution in [0.5, 0.6) is 0 Å². The minimum Gasteiger partial charge on any atom is -0.381 e. The highest BCUT2D eigenvalue weighted by atomic mass is 16.5. The number of ether oxygens (including phenoxy) is 1. The summed E-state index contributed by atoms with van der Waals surface area (Å²) in [4.78, 5) is 2.68. The third-order valence-electron chi connectivity index (χ3n) is 5.96. The maximum absolute atomic E-state index is 5.96. The van der Waals surface area contributed by atoms with Crippen LogP contribution in [0.1, 0.15) is 104 Å². The van der Waals surface area contributed by atoms with Gasteiger partial charge in [-0.05, 0) is 64.5 Å². The molecule has 0 unspecified atom stereocenters. The highest BCUT2D eigenvalue weighted by molar-refractivity contribution is 4.83. The Bertz CT molecular complexity index is 279. The van der Waals surface area contributed by atoms with E-state index in [4.69, 9.17) is 10.5 Å². The van der Waals surface area contributed by atoms with Gasteiger partial charge in [0.1, 0.15) is 0 Å². The highest BCUT2D eigenvalue weighted by Crippen LogP contribution is 2.29. The molecular formula is C23H48N2O. The topological polar surface area (TPSA) is 38.5 Å². The highest BCUT2D eigenvalue weighted by Gasteiger charge is 2.27. The van der Waals surface area contributed by atoms with Crippen LogP contribution in [-0.4, -0.2) is 43.3 Å². The molecule has 0 aromatic rings. The molecule has 0 aromatic heterocycles. The van der Waals surface area contributed by atoms with Crippen LogP contribution in [0.4, 0.5) is 0 Å². The molecule has 0 aromatic carbocycles. The molecule has 2 saturated carbocycles. The molecule has 3 aliphatic rings. The Labute approximate surface area is 164 Å². The average Bonchev–Trinajstić information content (AvgIpc) is 2.70. The summed E-state index contributed by atoms with van der Waals surface area (Å²) >= 11 is 0. The van der Waals surface area contributed by atoms with Gasteiger partial charge in [0, 0.05) is 25.3 Å². The lowest BCUT2D eigenvalue weighted by Gasteiger charge is -2.40. The smallest absolute Gasteiger partial charge is 0.0494 e. The Balaban J connectivity index is 0.000000310. The summed E-state index contributed by atoms with van der Waals surface area (Å²) in [6.07, 6.45) is 18.1. The molecular weight excluding hydrogens is 320 g/mol. The Kier molecular flexibility index (Phi) is 14.6. The summed E-state index contributed by atoms with van der Waals surface area (Å²) < 4.78 is 5.54. The van der Waals surface area contributed by atoms with Gasteiger partial charge in [-0.2, -0.15) is 0 Å². The van der Waals surface area contributed by atoms with Gasteiger partial charge >= 0.3 is 0 Å². The fourth-order valence-electron chi connectivity index (χ4n) is 4.31. The van der Waals surface area contributed by atoms with Crippen molar-refractivity contribution in [3.05, 3.63) is 0 Å². The fourth-order valence-corrected chi connectivity index (χ4v) is 4.31. The molecule has 0 amide bonds. The largest absolute Gasteiger partial charge is 0.381 e. The molecule has 1 saturated heterocycles. The first-order valence-corrected chi connectivity index (χ1v) is 11.8. The minimum absolute atomic E-state index is 0.459. The molecule has 2 N–H and O–H groups in total. The van der Waals surface area contributed by atoms with Gasteiger partial charge < -0.3 is 15.4 Å². The molecule has 0 radical (unpaired) electrons. The van der Waals surface area contributed by atoms with Crippen molar-refractivity contribution in [1.82, 2.24) is 4.90 Å². The van der Waals surface area contributed by atoms with E-state index in [2.05, 4.69) is 25.7 Å². The third-order valence-corrected chi connectivity index (χ3v) is 5.96. The van der Waals surface area contributed by atoms with Gasteiger partial charge in [0.2, 0.25) is 0 Å². The van der Waals surface area contributed by atoms with Crippen LogP contribution in [0.3, 0.4) is 0 Å². The molecule has 26 heavy (non-hydrogen) atoms. The summed E-state index contributed by atoms with van der Waals surface area (Å²) in [6.45, 7) is 10.6. The molecule has 1 heterocycles. The van der Waals surface area contributed by atoms with Crippen molar-refractivity contribution in [2.24, 2.45) is 11.7 Å². The average molecular weight is 369 g/mol. The van der Waals surface area contributed by atoms with Crippen LogP contribution in [0, 0.1) is 5.92 Å². The van der Waals surface area contributed by atoms with Crippen LogP contribution in [-0.2, 0) is 4.74 Å². The van der Waals surface area contributed by atoms with Crippen LogP contribution >= 0.6 is 0 Å². The summed E-state index contributed by atoms with van der Waals surface area (Å²) in [5.74, 6) is 0.818. The summed E-state index contributed by atoms with van der Waals surface area (Å²) in [7, 11) is 0. The number of hydrogen-bond acceptors (Lipinski definition) is 3. The predicted octanol–water partition coefficient (Wildman–Crippen LogP) is 5.76. The Morgan fingerprint density at radius 1 is 0.769 bits per heavy atom. The third kappa shape index (κ3) is 10.9. The second kappa shape index (κ2) is 15.9. The van der Waals surface area contributed by atoms with Gasteiger partial charge in [0.25, 0.3) is 0 Å². The minimum atomic E-state index is 0.459. The van der Waals surface area contributed by atoms with E-state index in [1.807, 2.05) is 0 Å². The van der Waals surface area contributed by atoms with Crippen LogP contribution in [0.15, 0.2) is 0 Å². The lowest BCUT2D eigenvalue weighted by molar-refractivity contribution is 0.0620. The number of nitrogens with zero attached hydrogens (tertiary/aromatic N) is 1. The number of likely N-dealkylation sites (tertiary alicyclic amines) is 1. The molecule has 0 bridgehead atoms. The molecule has 0 spiro atoms. The first kappa shape index (κ1) is 23.9. The van der Waals surface area contributed by atoms with Crippen molar-refractivity contribution in [1.29, 1.82) is 0 Å². The lowest BCUT2D eigenvalue weighted by atomic mass is 9.85. The van der Waals surface area contributed by atoms with E-state index in [1.54, 1.807) is 0 Å². The molecule has 2 aliphatic carbocycles. The quantitative estimate of drug-likeness (QED) is 0.685. The lowest BCUT2D eigenvalue weighted by Crippen LogP contribution is -2.46. The van der Waals surface area contributed by atoms with E-state index in [-0.39, 0.29) is 0 Å². The van der Waals surface area contributed by atoms with Gasteiger partial charge in [-0.3, -0.25) is 0 Å². The monoisotopic (exact) mass is 368 g/mol. The van der Waals surface area contributed by atoms with E-state index >= 15 is 0 Å². The molecule has 156 valence electrons. The van der Waals surface area contributed by atoms with E-state index < -0.39 is 0 Å². The summed E-state index contributed by atoms with van der Waals surface area (Å²) in [5.41, 5.74) is 5.96. The zero-order valence-electron chi connectivity index (χ0n) is 18.2. The van der Waals surface area contributed by atoms with Crippen molar-refractivity contribution in [3.8, 4) is 0 Å². The molecule has 3 fully saturated rings. The van der Waals surface area contributed by atoms with E-state index in [1.165, 1.54) is 96.6 Å². The fraction of sp³-hybridized carbons (Fsp3) is 1.00. The van der Waals surface area contributed by atoms with Gasteiger partial charge in [0.05, 0.1) is 0 Å². The van der Waals surface area contributed by atoms with Crippen LogP contribution in [0.25, 0.3) is 0 Å². The summed E-state index contributed by atoms with van der Waals surface area (Å²) in [6, 6.07) is 1.29. The second-order valence-electron chi connectivity index (χ2n) is 8.54. The first-order valence-electron chi connectivity index (χ1n) is 11.8. The Morgan fingerprint density at radius 2 is 1.23 bits per heavy atom. The van der Waals surface area contributed by atoms with Crippen molar-refractivity contribution in [2.45, 2.75) is 116 Å². The number of hydrogen-bond donors (Lipinski definition) is 1. The van der Waals surface area contributed by atoms with Gasteiger partial charge in [-0.1, -0.05) is 58.8 Å². The van der Waals surface area contributed by atoms with Crippen molar-refractivity contribution in [2.75, 3.05) is 26.3 Å². The predicted molar refractivity (Wildman–Crippen MR) is 115 cm³/mol. The van der Waals surface area contributed by atoms with Crippen LogP contribution < -0.4 is 5.73 Å². The first-order chi connectivity index (χ1) is 12.7. The van der Waals surface area contributed by atoms with Crippen LogP contribution in [0.2, 0.25) is 0 Å². The zero-order valence-corrected chi connectivity index (χ0v) is 18.2. The van der Waals surface area contributed by atoms with Gasteiger partial charge in [-0.15, -0.1) is 0 Å². The van der Waals surface area contributed by atoms with Crippen molar-refractivity contribution in [3.63, 3.8) is 0 Å². The van der Waals surface area contributed by atoms with Gasteiger partial charge in [-0.25, -0.2) is 0 Å². The van der Waals surface area contributed by atoms with Crippen molar-refractivity contribution < 1.29 is 4.74 Å². The maximum atomic E-state index is 5.96. The summed E-state index contributed by atoms with van der Waals surface area (Å²) in [5, 5.41) is 0. The second-order valence-corrected chi connectivity index (χ2v) is 8.54. The molecule has 3 nitrogen and oxygen atoms in total.